The zero-order valence-electron chi connectivity index (χ0n) is 12.3. The van der Waals surface area contributed by atoms with Crippen LogP contribution in [-0.4, -0.2) is 25.0 Å². The van der Waals surface area contributed by atoms with E-state index in [0.717, 1.165) is 31.6 Å². The van der Waals surface area contributed by atoms with Crippen LogP contribution in [0.25, 0.3) is 0 Å². The number of nitrogens with zero attached hydrogens (tertiary/aromatic N) is 1. The van der Waals surface area contributed by atoms with Gasteiger partial charge in [-0.25, -0.2) is 4.39 Å². The topological polar surface area (TPSA) is 32.3 Å². The van der Waals surface area contributed by atoms with Crippen LogP contribution in [0.1, 0.15) is 23.2 Å². The molecule has 3 nitrogen and oxygen atoms in total. The number of nitrogens with one attached hydrogen (secondary N) is 1. The maximum atomic E-state index is 13.1. The van der Waals surface area contributed by atoms with E-state index in [-0.39, 0.29) is 17.8 Å². The van der Waals surface area contributed by atoms with Crippen LogP contribution < -0.4 is 10.2 Å². The molecule has 1 saturated heterocycles. The molecule has 0 bridgehead atoms. The van der Waals surface area contributed by atoms with Gasteiger partial charge in [0.1, 0.15) is 5.82 Å². The van der Waals surface area contributed by atoms with Gasteiger partial charge in [-0.3, -0.25) is 4.79 Å². The lowest BCUT2D eigenvalue weighted by atomic mass is 10.0. The van der Waals surface area contributed by atoms with Crippen molar-refractivity contribution in [1.29, 1.82) is 0 Å². The fourth-order valence-electron chi connectivity index (χ4n) is 2.88. The second kappa shape index (κ2) is 6.71. The number of piperidine rings is 1. The Bertz CT molecular complexity index is 621. The van der Waals surface area contributed by atoms with Crippen LogP contribution in [0.2, 0.25) is 0 Å². The summed E-state index contributed by atoms with van der Waals surface area (Å²) in [7, 11) is 0. The maximum absolute atomic E-state index is 13.1. The lowest BCUT2D eigenvalue weighted by Crippen LogP contribution is -2.46. The van der Waals surface area contributed by atoms with Gasteiger partial charge in [-0.05, 0) is 62.3 Å². The van der Waals surface area contributed by atoms with Crippen molar-refractivity contribution in [2.24, 2.45) is 0 Å². The molecule has 1 amide bonds. The molecule has 1 heterocycles. The Morgan fingerprint density at radius 3 is 2.27 bits per heavy atom. The fourth-order valence-corrected chi connectivity index (χ4v) is 2.88. The van der Waals surface area contributed by atoms with E-state index in [2.05, 4.69) is 5.32 Å². The molecular formula is C18H19FN2O. The Kier molecular flexibility index (Phi) is 4.49. The quantitative estimate of drug-likeness (QED) is 0.943. The predicted molar refractivity (Wildman–Crippen MR) is 85.5 cm³/mol. The fraction of sp³-hybridized carbons (Fsp3) is 0.278. The molecule has 0 aromatic heterocycles. The Labute approximate surface area is 129 Å². The third-order valence-electron chi connectivity index (χ3n) is 4.02. The van der Waals surface area contributed by atoms with E-state index in [1.165, 1.54) is 12.1 Å². The molecule has 1 aliphatic heterocycles. The molecule has 3 rings (SSSR count). The standard InChI is InChI=1S/C18H19FN2O/c19-15-8-6-14(7-9-15)18(22)21(16-4-2-1-3-5-16)17-10-12-20-13-11-17/h1-9,17,20H,10-13H2. The number of carbonyl (C=O) groups excluding carboxylic acids is 1. The summed E-state index contributed by atoms with van der Waals surface area (Å²) in [6.07, 6.45) is 1.84. The van der Waals surface area contributed by atoms with Crippen LogP contribution >= 0.6 is 0 Å². The van der Waals surface area contributed by atoms with Crippen LogP contribution in [0.4, 0.5) is 10.1 Å². The third kappa shape index (κ3) is 3.17. The van der Waals surface area contributed by atoms with Crippen LogP contribution in [0.5, 0.6) is 0 Å². The number of hydrogen-bond donors (Lipinski definition) is 1. The Balaban J connectivity index is 1.93. The Hall–Kier alpha value is -2.20. The number of benzene rings is 2. The van der Waals surface area contributed by atoms with Crippen LogP contribution in [-0.2, 0) is 0 Å². The number of amides is 1. The van der Waals surface area contributed by atoms with Gasteiger partial charge >= 0.3 is 0 Å². The van der Waals surface area contributed by atoms with Crippen molar-refractivity contribution in [3.63, 3.8) is 0 Å². The number of halogens is 1. The summed E-state index contributed by atoms with van der Waals surface area (Å²) in [6.45, 7) is 1.81. The third-order valence-corrected chi connectivity index (χ3v) is 4.02. The van der Waals surface area contributed by atoms with Crippen LogP contribution in [0.3, 0.4) is 0 Å². The molecular weight excluding hydrogens is 279 g/mol. The first kappa shape index (κ1) is 14.7. The van der Waals surface area contributed by atoms with Crippen LogP contribution in [0.15, 0.2) is 54.6 Å². The summed E-state index contributed by atoms with van der Waals surface area (Å²) in [5, 5.41) is 3.32. The predicted octanol–water partition coefficient (Wildman–Crippen LogP) is 3.22. The van der Waals surface area contributed by atoms with E-state index in [9.17, 15) is 9.18 Å². The summed E-state index contributed by atoms with van der Waals surface area (Å²) in [5.74, 6) is -0.400. The number of anilines is 1. The lowest BCUT2D eigenvalue weighted by Gasteiger charge is -2.34. The maximum Gasteiger partial charge on any atom is 0.258 e. The molecule has 0 unspecified atom stereocenters. The molecule has 4 heteroatoms. The highest BCUT2D eigenvalue weighted by atomic mass is 19.1. The van der Waals surface area contributed by atoms with Gasteiger partial charge in [-0.15, -0.1) is 0 Å². The lowest BCUT2D eigenvalue weighted by molar-refractivity contribution is 0.0971. The smallest absolute Gasteiger partial charge is 0.258 e. The van der Waals surface area contributed by atoms with Crippen molar-refractivity contribution in [2.45, 2.75) is 18.9 Å². The Morgan fingerprint density at radius 1 is 1.00 bits per heavy atom. The molecule has 114 valence electrons. The number of para-hydroxylation sites is 1. The molecule has 22 heavy (non-hydrogen) atoms. The highest BCUT2D eigenvalue weighted by Gasteiger charge is 2.27. The molecule has 1 aliphatic rings. The SMILES string of the molecule is O=C(c1ccc(F)cc1)N(c1ccccc1)C1CCNCC1. The van der Waals surface area contributed by atoms with E-state index in [1.807, 2.05) is 35.2 Å². The summed E-state index contributed by atoms with van der Waals surface area (Å²) in [5.41, 5.74) is 1.41. The molecule has 1 N–H and O–H groups in total. The van der Waals surface area contributed by atoms with E-state index >= 15 is 0 Å². The summed E-state index contributed by atoms with van der Waals surface area (Å²) >= 11 is 0. The van der Waals surface area contributed by atoms with Crippen molar-refractivity contribution in [3.8, 4) is 0 Å². The van der Waals surface area contributed by atoms with E-state index in [0.29, 0.717) is 5.56 Å². The monoisotopic (exact) mass is 298 g/mol. The largest absolute Gasteiger partial charge is 0.317 e. The van der Waals surface area contributed by atoms with E-state index in [4.69, 9.17) is 0 Å². The first-order valence-electron chi connectivity index (χ1n) is 7.60. The van der Waals surface area contributed by atoms with Crippen molar-refractivity contribution in [1.82, 2.24) is 5.32 Å². The average molecular weight is 298 g/mol. The Morgan fingerprint density at radius 2 is 1.64 bits per heavy atom. The van der Waals surface area contributed by atoms with Gasteiger partial charge in [0.25, 0.3) is 5.91 Å². The second-order valence-corrected chi connectivity index (χ2v) is 5.50. The van der Waals surface area contributed by atoms with Crippen molar-refractivity contribution in [2.75, 3.05) is 18.0 Å². The first-order chi connectivity index (χ1) is 10.8. The zero-order chi connectivity index (χ0) is 15.4. The normalized spacial score (nSPS) is 15.5. The first-order valence-corrected chi connectivity index (χ1v) is 7.60. The van der Waals surface area contributed by atoms with Gasteiger partial charge in [-0.2, -0.15) is 0 Å². The van der Waals surface area contributed by atoms with Gasteiger partial charge in [-0.1, -0.05) is 18.2 Å². The highest BCUT2D eigenvalue weighted by Crippen LogP contribution is 2.24. The van der Waals surface area contributed by atoms with Gasteiger partial charge in [0.2, 0.25) is 0 Å². The molecule has 2 aromatic carbocycles. The van der Waals surface area contributed by atoms with E-state index < -0.39 is 0 Å². The molecule has 0 saturated carbocycles. The minimum absolute atomic E-state index is 0.0712. The van der Waals surface area contributed by atoms with Gasteiger partial charge in [0.05, 0.1) is 0 Å². The highest BCUT2D eigenvalue weighted by molar-refractivity contribution is 6.06. The van der Waals surface area contributed by atoms with Crippen LogP contribution in [0, 0.1) is 5.82 Å². The van der Waals surface area contributed by atoms with Crippen molar-refractivity contribution in [3.05, 3.63) is 66.0 Å². The molecule has 0 atom stereocenters. The van der Waals surface area contributed by atoms with Crippen molar-refractivity contribution < 1.29 is 9.18 Å². The minimum atomic E-state index is -0.329. The molecule has 1 fully saturated rings. The molecule has 0 aliphatic carbocycles. The summed E-state index contributed by atoms with van der Waals surface area (Å²) < 4.78 is 13.1. The number of carbonyl (C=O) groups is 1. The second-order valence-electron chi connectivity index (χ2n) is 5.50. The molecule has 0 spiro atoms. The summed E-state index contributed by atoms with van der Waals surface area (Å²) in [6, 6.07) is 15.6. The molecule has 2 aromatic rings. The number of rotatable bonds is 3. The summed E-state index contributed by atoms with van der Waals surface area (Å²) in [4.78, 5) is 14.8. The van der Waals surface area contributed by atoms with Gasteiger partial charge < -0.3 is 10.2 Å². The van der Waals surface area contributed by atoms with E-state index in [1.54, 1.807) is 12.1 Å². The number of hydrogen-bond acceptors (Lipinski definition) is 2. The average Bonchev–Trinajstić information content (AvgIpc) is 2.57. The molecule has 0 radical (unpaired) electrons. The minimum Gasteiger partial charge on any atom is -0.317 e. The van der Waals surface area contributed by atoms with Gasteiger partial charge in [0, 0.05) is 17.3 Å². The zero-order valence-corrected chi connectivity index (χ0v) is 12.3. The van der Waals surface area contributed by atoms with Gasteiger partial charge in [0.15, 0.2) is 0 Å². The van der Waals surface area contributed by atoms with Crippen molar-refractivity contribution >= 4 is 11.6 Å².